The Kier molecular flexibility index (Phi) is 6.36. The Bertz CT molecular complexity index is 482. The lowest BCUT2D eigenvalue weighted by Crippen LogP contribution is -2.46. The highest BCUT2D eigenvalue weighted by molar-refractivity contribution is 5.94. The molecule has 0 bridgehead atoms. The first kappa shape index (κ1) is 17.2. The molecule has 1 aromatic heterocycles. The van der Waals surface area contributed by atoms with E-state index in [0.717, 1.165) is 0 Å². The summed E-state index contributed by atoms with van der Waals surface area (Å²) in [7, 11) is 1.75. The average molecular weight is 296 g/mol. The molecule has 0 aromatic carbocycles. The molecule has 118 valence electrons. The molecule has 1 heterocycles. The van der Waals surface area contributed by atoms with E-state index in [9.17, 15) is 9.59 Å². The minimum Gasteiger partial charge on any atom is -0.360 e. The van der Waals surface area contributed by atoms with E-state index in [1.807, 2.05) is 13.8 Å². The van der Waals surface area contributed by atoms with Crippen LogP contribution < -0.4 is 5.32 Å². The number of aryl methyl sites for hydroxylation is 1. The summed E-state index contributed by atoms with van der Waals surface area (Å²) in [6, 6.07) is 1.20. The Hall–Kier alpha value is -1.89. The van der Waals surface area contributed by atoms with Crippen LogP contribution in [0.25, 0.3) is 0 Å². The SMILES string of the molecule is CCN(CC)C(=O)CN(C)C(C)C(=O)Nc1cc(C)on1. The maximum atomic E-state index is 12.1. The summed E-state index contributed by atoms with van der Waals surface area (Å²) in [4.78, 5) is 27.6. The fraction of sp³-hybridized carbons (Fsp3) is 0.643. The van der Waals surface area contributed by atoms with Crippen molar-refractivity contribution in [2.24, 2.45) is 0 Å². The van der Waals surface area contributed by atoms with Gasteiger partial charge in [0, 0.05) is 19.2 Å². The molecule has 1 rings (SSSR count). The van der Waals surface area contributed by atoms with E-state index in [2.05, 4.69) is 10.5 Å². The van der Waals surface area contributed by atoms with Crippen molar-refractivity contribution >= 4 is 17.6 Å². The zero-order valence-corrected chi connectivity index (χ0v) is 13.3. The van der Waals surface area contributed by atoms with E-state index in [1.54, 1.807) is 36.8 Å². The van der Waals surface area contributed by atoms with E-state index in [0.29, 0.717) is 24.7 Å². The van der Waals surface area contributed by atoms with E-state index >= 15 is 0 Å². The molecule has 0 aliphatic carbocycles. The van der Waals surface area contributed by atoms with Crippen molar-refractivity contribution in [2.45, 2.75) is 33.7 Å². The highest BCUT2D eigenvalue weighted by atomic mass is 16.5. The molecule has 21 heavy (non-hydrogen) atoms. The number of aromatic nitrogens is 1. The van der Waals surface area contributed by atoms with Gasteiger partial charge in [-0.2, -0.15) is 0 Å². The number of nitrogens with one attached hydrogen (secondary N) is 1. The van der Waals surface area contributed by atoms with Gasteiger partial charge in [0.05, 0.1) is 12.6 Å². The summed E-state index contributed by atoms with van der Waals surface area (Å²) < 4.78 is 4.89. The summed E-state index contributed by atoms with van der Waals surface area (Å²) in [5.74, 6) is 0.799. The first-order valence-corrected chi connectivity index (χ1v) is 7.11. The highest BCUT2D eigenvalue weighted by Gasteiger charge is 2.22. The van der Waals surface area contributed by atoms with Crippen LogP contribution in [-0.4, -0.2) is 59.5 Å². The van der Waals surface area contributed by atoms with Gasteiger partial charge >= 0.3 is 0 Å². The predicted octanol–water partition coefficient (Wildman–Crippen LogP) is 1.11. The minimum atomic E-state index is -0.443. The van der Waals surface area contributed by atoms with Crippen LogP contribution in [0, 0.1) is 6.92 Å². The Morgan fingerprint density at radius 1 is 1.38 bits per heavy atom. The molecule has 1 atom stereocenters. The fourth-order valence-corrected chi connectivity index (χ4v) is 1.88. The fourth-order valence-electron chi connectivity index (χ4n) is 1.88. The zero-order valence-electron chi connectivity index (χ0n) is 13.3. The first-order valence-electron chi connectivity index (χ1n) is 7.11. The maximum absolute atomic E-state index is 12.1. The number of rotatable bonds is 7. The van der Waals surface area contributed by atoms with Gasteiger partial charge in [-0.3, -0.25) is 14.5 Å². The number of nitrogens with zero attached hydrogens (tertiary/aromatic N) is 3. The van der Waals surface area contributed by atoms with Crippen molar-refractivity contribution < 1.29 is 14.1 Å². The summed E-state index contributed by atoms with van der Waals surface area (Å²) in [5, 5.41) is 6.38. The van der Waals surface area contributed by atoms with Crippen molar-refractivity contribution in [3.63, 3.8) is 0 Å². The number of hydrogen-bond donors (Lipinski definition) is 1. The van der Waals surface area contributed by atoms with Crippen molar-refractivity contribution in [1.82, 2.24) is 15.0 Å². The predicted molar refractivity (Wildman–Crippen MR) is 79.9 cm³/mol. The molecule has 0 spiro atoms. The molecule has 1 aromatic rings. The highest BCUT2D eigenvalue weighted by Crippen LogP contribution is 2.08. The summed E-state index contributed by atoms with van der Waals surface area (Å²) in [6.07, 6.45) is 0. The molecular weight excluding hydrogens is 272 g/mol. The minimum absolute atomic E-state index is 0.0134. The molecule has 0 saturated carbocycles. The third-order valence-corrected chi connectivity index (χ3v) is 3.42. The van der Waals surface area contributed by atoms with Crippen LogP contribution >= 0.6 is 0 Å². The van der Waals surface area contributed by atoms with Gasteiger partial charge in [-0.05, 0) is 34.7 Å². The second kappa shape index (κ2) is 7.78. The molecule has 0 fully saturated rings. The van der Waals surface area contributed by atoms with Gasteiger partial charge in [0.25, 0.3) is 0 Å². The van der Waals surface area contributed by atoms with Gasteiger partial charge in [0.1, 0.15) is 5.76 Å². The molecule has 1 N–H and O–H groups in total. The van der Waals surface area contributed by atoms with E-state index in [4.69, 9.17) is 4.52 Å². The molecule has 2 amide bonds. The van der Waals surface area contributed by atoms with Gasteiger partial charge in [-0.15, -0.1) is 0 Å². The average Bonchev–Trinajstić information content (AvgIpc) is 2.84. The van der Waals surface area contributed by atoms with Crippen molar-refractivity contribution in [2.75, 3.05) is 32.0 Å². The van der Waals surface area contributed by atoms with Crippen LogP contribution in [0.1, 0.15) is 26.5 Å². The van der Waals surface area contributed by atoms with Gasteiger partial charge in [-0.25, -0.2) is 0 Å². The third-order valence-electron chi connectivity index (χ3n) is 3.42. The standard InChI is InChI=1S/C14H24N4O3/c1-6-18(7-2)13(19)9-17(5)11(4)14(20)15-12-8-10(3)21-16-12/h8,11H,6-7,9H2,1-5H3,(H,15,16,20). The Balaban J connectivity index is 2.54. The maximum Gasteiger partial charge on any atom is 0.242 e. The number of likely N-dealkylation sites (N-methyl/N-ethyl adjacent to an activating group) is 2. The normalized spacial score (nSPS) is 12.3. The molecule has 0 aliphatic rings. The van der Waals surface area contributed by atoms with Crippen LogP contribution in [-0.2, 0) is 9.59 Å². The van der Waals surface area contributed by atoms with E-state index in [-0.39, 0.29) is 18.4 Å². The van der Waals surface area contributed by atoms with E-state index < -0.39 is 6.04 Å². The van der Waals surface area contributed by atoms with Crippen molar-refractivity contribution in [3.8, 4) is 0 Å². The topological polar surface area (TPSA) is 78.7 Å². The number of amides is 2. The molecule has 0 radical (unpaired) electrons. The quantitative estimate of drug-likeness (QED) is 0.815. The van der Waals surface area contributed by atoms with Crippen molar-refractivity contribution in [1.29, 1.82) is 0 Å². The summed E-state index contributed by atoms with van der Waals surface area (Å²) >= 11 is 0. The molecule has 0 saturated heterocycles. The zero-order chi connectivity index (χ0) is 16.0. The molecular formula is C14H24N4O3. The Labute approximate surface area is 125 Å². The Morgan fingerprint density at radius 2 is 2.00 bits per heavy atom. The van der Waals surface area contributed by atoms with Crippen LogP contribution in [0.15, 0.2) is 10.6 Å². The number of carbonyl (C=O) groups excluding carboxylic acids is 2. The van der Waals surface area contributed by atoms with Crippen LogP contribution in [0.4, 0.5) is 5.82 Å². The number of anilines is 1. The van der Waals surface area contributed by atoms with Crippen LogP contribution in [0.3, 0.4) is 0 Å². The molecule has 7 heteroatoms. The van der Waals surface area contributed by atoms with Gasteiger partial charge < -0.3 is 14.7 Å². The molecule has 7 nitrogen and oxygen atoms in total. The summed E-state index contributed by atoms with van der Waals surface area (Å²) in [6.45, 7) is 8.91. The lowest BCUT2D eigenvalue weighted by Gasteiger charge is -2.26. The third kappa shape index (κ3) is 4.86. The summed E-state index contributed by atoms with van der Waals surface area (Å²) in [5.41, 5.74) is 0. The van der Waals surface area contributed by atoms with Crippen LogP contribution in [0.5, 0.6) is 0 Å². The van der Waals surface area contributed by atoms with Gasteiger partial charge in [0.15, 0.2) is 5.82 Å². The van der Waals surface area contributed by atoms with Gasteiger partial charge in [-0.1, -0.05) is 5.16 Å². The lowest BCUT2D eigenvalue weighted by molar-refractivity contribution is -0.133. The molecule has 1 unspecified atom stereocenters. The van der Waals surface area contributed by atoms with Crippen molar-refractivity contribution in [3.05, 3.63) is 11.8 Å². The first-order chi connectivity index (χ1) is 9.88. The van der Waals surface area contributed by atoms with Crippen LogP contribution in [0.2, 0.25) is 0 Å². The van der Waals surface area contributed by atoms with E-state index in [1.165, 1.54) is 0 Å². The smallest absolute Gasteiger partial charge is 0.242 e. The number of carbonyl (C=O) groups is 2. The lowest BCUT2D eigenvalue weighted by atomic mass is 10.2. The second-order valence-corrected chi connectivity index (χ2v) is 4.97. The molecule has 0 aliphatic heterocycles. The Morgan fingerprint density at radius 3 is 2.48 bits per heavy atom. The number of hydrogen-bond acceptors (Lipinski definition) is 5. The monoisotopic (exact) mass is 296 g/mol. The van der Waals surface area contributed by atoms with Gasteiger partial charge in [0.2, 0.25) is 11.8 Å². The second-order valence-electron chi connectivity index (χ2n) is 4.97. The largest absolute Gasteiger partial charge is 0.360 e.